The summed E-state index contributed by atoms with van der Waals surface area (Å²) in [6.07, 6.45) is 4.76. The molecule has 0 saturated heterocycles. The molecule has 2 atom stereocenters. The molecule has 0 aromatic carbocycles. The van der Waals surface area contributed by atoms with E-state index in [4.69, 9.17) is 18.0 Å². The molecular formula is C11H18N4OS. The van der Waals surface area contributed by atoms with Gasteiger partial charge in [0.2, 0.25) is 5.91 Å². The van der Waals surface area contributed by atoms with Crippen molar-refractivity contribution >= 4 is 23.1 Å². The Hall–Kier alpha value is -1.43. The Morgan fingerprint density at radius 3 is 2.71 bits per heavy atom. The van der Waals surface area contributed by atoms with Gasteiger partial charge in [0.05, 0.1) is 16.9 Å². The number of H-pyrrole nitrogens is 1. The summed E-state index contributed by atoms with van der Waals surface area (Å²) < 4.78 is 0. The topological polar surface area (TPSA) is 83.8 Å². The van der Waals surface area contributed by atoms with E-state index < -0.39 is 5.92 Å². The van der Waals surface area contributed by atoms with Crippen LogP contribution in [0.4, 0.5) is 0 Å². The standard InChI is InChI=1S/C11H18N4OS/c1-3-7(9(12)17)11(16)15-8(4-2)10-13-5-6-14-10/h5-8H,3-4H2,1-2H3,(H2,12,17)(H,13,14)(H,15,16). The Kier molecular flexibility index (Phi) is 5.09. The number of rotatable bonds is 6. The lowest BCUT2D eigenvalue weighted by Crippen LogP contribution is -2.39. The van der Waals surface area contributed by atoms with Crippen LogP contribution in [-0.2, 0) is 4.79 Å². The van der Waals surface area contributed by atoms with Gasteiger partial charge < -0.3 is 16.0 Å². The summed E-state index contributed by atoms with van der Waals surface area (Å²) in [6.45, 7) is 3.87. The molecule has 4 N–H and O–H groups in total. The minimum absolute atomic E-state index is 0.124. The van der Waals surface area contributed by atoms with Crippen LogP contribution < -0.4 is 11.1 Å². The van der Waals surface area contributed by atoms with Crippen LogP contribution >= 0.6 is 12.2 Å². The Morgan fingerprint density at radius 1 is 1.59 bits per heavy atom. The zero-order valence-corrected chi connectivity index (χ0v) is 10.9. The number of nitrogens with two attached hydrogens (primary N) is 1. The Morgan fingerprint density at radius 2 is 2.29 bits per heavy atom. The zero-order valence-electron chi connectivity index (χ0n) is 10.1. The predicted octanol–water partition coefficient (Wildman–Crippen LogP) is 1.29. The molecule has 94 valence electrons. The molecule has 5 nitrogen and oxygen atoms in total. The lowest BCUT2D eigenvalue weighted by molar-refractivity contribution is -0.123. The fourth-order valence-corrected chi connectivity index (χ4v) is 1.89. The van der Waals surface area contributed by atoms with Gasteiger partial charge in [-0.3, -0.25) is 4.79 Å². The number of thiocarbonyl (C=S) groups is 1. The van der Waals surface area contributed by atoms with Gasteiger partial charge in [0.15, 0.2) is 0 Å². The van der Waals surface area contributed by atoms with Crippen molar-refractivity contribution in [1.29, 1.82) is 0 Å². The number of aromatic nitrogens is 2. The maximum absolute atomic E-state index is 12.0. The van der Waals surface area contributed by atoms with Crippen LogP contribution in [0.2, 0.25) is 0 Å². The summed E-state index contributed by atoms with van der Waals surface area (Å²) in [5.41, 5.74) is 5.53. The van der Waals surface area contributed by atoms with E-state index in [1.54, 1.807) is 12.4 Å². The molecule has 0 bridgehead atoms. The number of carbonyl (C=O) groups is 1. The SMILES string of the molecule is CCC(C(=O)NC(CC)c1ncc[nH]1)C(N)=S. The summed E-state index contributed by atoms with van der Waals surface area (Å²) in [4.78, 5) is 19.3. The van der Waals surface area contributed by atoms with E-state index in [0.717, 1.165) is 12.2 Å². The highest BCUT2D eigenvalue weighted by Crippen LogP contribution is 2.13. The average Bonchev–Trinajstić information content (AvgIpc) is 2.79. The lowest BCUT2D eigenvalue weighted by Gasteiger charge is -2.19. The number of imidazole rings is 1. The highest BCUT2D eigenvalue weighted by Gasteiger charge is 2.23. The molecule has 17 heavy (non-hydrogen) atoms. The first-order chi connectivity index (χ1) is 8.10. The average molecular weight is 254 g/mol. The van der Waals surface area contributed by atoms with Crippen molar-refractivity contribution in [3.05, 3.63) is 18.2 Å². The van der Waals surface area contributed by atoms with E-state index in [1.165, 1.54) is 0 Å². The highest BCUT2D eigenvalue weighted by atomic mass is 32.1. The summed E-state index contributed by atoms with van der Waals surface area (Å²) in [7, 11) is 0. The monoisotopic (exact) mass is 254 g/mol. The summed E-state index contributed by atoms with van der Waals surface area (Å²) in [5, 5.41) is 2.90. The van der Waals surface area contributed by atoms with E-state index >= 15 is 0 Å². The van der Waals surface area contributed by atoms with Crippen LogP contribution in [0.3, 0.4) is 0 Å². The van der Waals surface area contributed by atoms with Gasteiger partial charge in [0.1, 0.15) is 5.82 Å². The van der Waals surface area contributed by atoms with Gasteiger partial charge in [-0.05, 0) is 12.8 Å². The van der Waals surface area contributed by atoms with Gasteiger partial charge in [-0.25, -0.2) is 4.98 Å². The second-order valence-corrected chi connectivity index (χ2v) is 4.28. The van der Waals surface area contributed by atoms with Crippen molar-refractivity contribution < 1.29 is 4.79 Å². The fraction of sp³-hybridized carbons (Fsp3) is 0.545. The van der Waals surface area contributed by atoms with Crippen molar-refractivity contribution in [2.24, 2.45) is 11.7 Å². The van der Waals surface area contributed by atoms with Crippen LogP contribution in [0.5, 0.6) is 0 Å². The Balaban J connectivity index is 2.69. The van der Waals surface area contributed by atoms with Crippen LogP contribution in [0.25, 0.3) is 0 Å². The summed E-state index contributed by atoms with van der Waals surface area (Å²) >= 11 is 4.87. The molecule has 0 fully saturated rings. The van der Waals surface area contributed by atoms with Crippen molar-refractivity contribution in [2.45, 2.75) is 32.7 Å². The molecule has 1 aromatic rings. The molecule has 0 aliphatic carbocycles. The van der Waals surface area contributed by atoms with Crippen molar-refractivity contribution in [3.63, 3.8) is 0 Å². The third-order valence-corrected chi connectivity index (χ3v) is 2.93. The number of nitrogens with one attached hydrogen (secondary N) is 2. The molecule has 2 unspecified atom stereocenters. The van der Waals surface area contributed by atoms with E-state index in [0.29, 0.717) is 6.42 Å². The number of carbonyl (C=O) groups excluding carboxylic acids is 1. The van der Waals surface area contributed by atoms with Crippen molar-refractivity contribution in [1.82, 2.24) is 15.3 Å². The molecule has 0 saturated carbocycles. The van der Waals surface area contributed by atoms with Crippen LogP contribution in [0, 0.1) is 5.92 Å². The first-order valence-electron chi connectivity index (χ1n) is 5.69. The molecule has 6 heteroatoms. The molecule has 1 rings (SSSR count). The largest absolute Gasteiger partial charge is 0.393 e. The minimum Gasteiger partial charge on any atom is -0.393 e. The van der Waals surface area contributed by atoms with E-state index in [9.17, 15) is 4.79 Å². The number of aromatic amines is 1. The molecular weight excluding hydrogens is 236 g/mol. The van der Waals surface area contributed by atoms with Gasteiger partial charge in [0, 0.05) is 12.4 Å². The Bertz CT molecular complexity index is 377. The van der Waals surface area contributed by atoms with Gasteiger partial charge in [-0.15, -0.1) is 0 Å². The molecule has 1 heterocycles. The second-order valence-electron chi connectivity index (χ2n) is 3.81. The van der Waals surface area contributed by atoms with E-state index in [-0.39, 0.29) is 16.9 Å². The number of amides is 1. The quantitative estimate of drug-likeness (QED) is 0.668. The second kappa shape index (κ2) is 6.34. The number of nitrogens with zero attached hydrogens (tertiary/aromatic N) is 1. The first-order valence-corrected chi connectivity index (χ1v) is 6.09. The van der Waals surface area contributed by atoms with Gasteiger partial charge in [-0.2, -0.15) is 0 Å². The van der Waals surface area contributed by atoms with Gasteiger partial charge in [-0.1, -0.05) is 26.1 Å². The molecule has 0 aliphatic rings. The summed E-state index contributed by atoms with van der Waals surface area (Å²) in [5.74, 6) is 0.205. The maximum Gasteiger partial charge on any atom is 0.230 e. The molecule has 0 radical (unpaired) electrons. The fourth-order valence-electron chi connectivity index (χ4n) is 1.62. The zero-order chi connectivity index (χ0) is 12.8. The third kappa shape index (κ3) is 3.52. The van der Waals surface area contributed by atoms with Gasteiger partial charge in [0.25, 0.3) is 0 Å². The highest BCUT2D eigenvalue weighted by molar-refractivity contribution is 7.80. The molecule has 1 aromatic heterocycles. The smallest absolute Gasteiger partial charge is 0.230 e. The van der Waals surface area contributed by atoms with Gasteiger partial charge >= 0.3 is 0 Å². The minimum atomic E-state index is -0.408. The number of hydrogen-bond acceptors (Lipinski definition) is 3. The molecule has 0 spiro atoms. The normalized spacial score (nSPS) is 14.0. The van der Waals surface area contributed by atoms with Crippen LogP contribution in [0.15, 0.2) is 12.4 Å². The van der Waals surface area contributed by atoms with Crippen molar-refractivity contribution in [3.8, 4) is 0 Å². The maximum atomic E-state index is 12.0. The molecule has 1 amide bonds. The third-order valence-electron chi connectivity index (χ3n) is 2.64. The van der Waals surface area contributed by atoms with E-state index in [1.807, 2.05) is 13.8 Å². The molecule has 0 aliphatic heterocycles. The Labute approximate surface area is 106 Å². The van der Waals surface area contributed by atoms with E-state index in [2.05, 4.69) is 15.3 Å². The number of hydrogen-bond donors (Lipinski definition) is 3. The van der Waals surface area contributed by atoms with Crippen molar-refractivity contribution in [2.75, 3.05) is 0 Å². The predicted molar refractivity (Wildman–Crippen MR) is 70.3 cm³/mol. The first kappa shape index (κ1) is 13.6. The summed E-state index contributed by atoms with van der Waals surface area (Å²) in [6, 6.07) is -0.124. The van der Waals surface area contributed by atoms with Crippen LogP contribution in [0.1, 0.15) is 38.6 Å². The lowest BCUT2D eigenvalue weighted by atomic mass is 10.0. The van der Waals surface area contributed by atoms with Crippen LogP contribution in [-0.4, -0.2) is 20.9 Å².